The van der Waals surface area contributed by atoms with Crippen LogP contribution in [0.25, 0.3) is 11.1 Å². The van der Waals surface area contributed by atoms with Crippen molar-refractivity contribution in [2.24, 2.45) is 0 Å². The van der Waals surface area contributed by atoms with Gasteiger partial charge in [0.05, 0.1) is 12.0 Å². The minimum Gasteiger partial charge on any atom is -0.359 e. The van der Waals surface area contributed by atoms with Crippen LogP contribution in [0.15, 0.2) is 42.5 Å². The number of likely N-dealkylation sites (N-methyl/N-ethyl adjacent to an activating group) is 1. The molecule has 0 aliphatic heterocycles. The van der Waals surface area contributed by atoms with Gasteiger partial charge in [0.2, 0.25) is 5.91 Å². The van der Waals surface area contributed by atoms with Gasteiger partial charge in [0.15, 0.2) is 0 Å². The lowest BCUT2D eigenvalue weighted by Crippen LogP contribution is -2.20. The third kappa shape index (κ3) is 3.44. The van der Waals surface area contributed by atoms with Crippen molar-refractivity contribution in [1.82, 2.24) is 5.32 Å². The summed E-state index contributed by atoms with van der Waals surface area (Å²) in [6.07, 6.45) is -4.58. The second-order valence-electron chi connectivity index (χ2n) is 4.70. The highest BCUT2D eigenvalue weighted by Gasteiger charge is 2.31. The Morgan fingerprint density at radius 1 is 1.09 bits per heavy atom. The van der Waals surface area contributed by atoms with Crippen LogP contribution >= 0.6 is 0 Å². The van der Waals surface area contributed by atoms with Crippen molar-refractivity contribution >= 4 is 5.91 Å². The Hall–Kier alpha value is -2.37. The van der Waals surface area contributed by atoms with Gasteiger partial charge in [-0.15, -0.1) is 0 Å². The zero-order chi connectivity index (χ0) is 16.3. The summed E-state index contributed by atoms with van der Waals surface area (Å²) in [5.74, 6) is -1.24. The molecule has 1 N–H and O–H groups in total. The van der Waals surface area contributed by atoms with E-state index in [4.69, 9.17) is 0 Å². The number of benzene rings is 2. The fraction of sp³-hybridized carbons (Fsp3) is 0.188. The third-order valence-corrected chi connectivity index (χ3v) is 3.23. The first-order valence-electron chi connectivity index (χ1n) is 6.48. The molecule has 0 unspecified atom stereocenters. The van der Waals surface area contributed by atoms with Gasteiger partial charge in [-0.2, -0.15) is 13.2 Å². The van der Waals surface area contributed by atoms with Crippen molar-refractivity contribution < 1.29 is 22.4 Å². The van der Waals surface area contributed by atoms with Gasteiger partial charge >= 0.3 is 6.18 Å². The smallest absolute Gasteiger partial charge is 0.359 e. The molecule has 116 valence electrons. The molecule has 2 nitrogen and oxygen atoms in total. The Balaban J connectivity index is 2.47. The Bertz CT molecular complexity index is 695. The fourth-order valence-corrected chi connectivity index (χ4v) is 2.11. The summed E-state index contributed by atoms with van der Waals surface area (Å²) in [7, 11) is 1.48. The zero-order valence-corrected chi connectivity index (χ0v) is 11.7. The number of carbonyl (C=O) groups is 1. The van der Waals surface area contributed by atoms with E-state index in [-0.39, 0.29) is 17.9 Å². The summed E-state index contributed by atoms with van der Waals surface area (Å²) in [6, 6.07) is 8.91. The van der Waals surface area contributed by atoms with Gasteiger partial charge in [-0.05, 0) is 23.3 Å². The number of hydrogen-bond donors (Lipinski definition) is 1. The first kappa shape index (κ1) is 16.0. The normalized spacial score (nSPS) is 11.3. The van der Waals surface area contributed by atoms with Gasteiger partial charge in [-0.25, -0.2) is 4.39 Å². The van der Waals surface area contributed by atoms with E-state index in [1.165, 1.54) is 7.05 Å². The summed E-state index contributed by atoms with van der Waals surface area (Å²) in [4.78, 5) is 11.5. The van der Waals surface area contributed by atoms with Crippen molar-refractivity contribution in [2.75, 3.05) is 7.05 Å². The van der Waals surface area contributed by atoms with Crippen LogP contribution in [-0.2, 0) is 17.4 Å². The monoisotopic (exact) mass is 311 g/mol. The molecule has 0 aliphatic carbocycles. The summed E-state index contributed by atoms with van der Waals surface area (Å²) in [6.45, 7) is 0. The van der Waals surface area contributed by atoms with Crippen LogP contribution < -0.4 is 5.32 Å². The topological polar surface area (TPSA) is 29.1 Å². The number of amides is 1. The largest absolute Gasteiger partial charge is 0.416 e. The van der Waals surface area contributed by atoms with E-state index in [9.17, 15) is 22.4 Å². The highest BCUT2D eigenvalue weighted by Crippen LogP contribution is 2.33. The van der Waals surface area contributed by atoms with Crippen molar-refractivity contribution in [3.05, 3.63) is 59.4 Å². The number of carbonyl (C=O) groups excluding carboxylic acids is 1. The third-order valence-electron chi connectivity index (χ3n) is 3.23. The second kappa shape index (κ2) is 6.17. The van der Waals surface area contributed by atoms with E-state index in [0.29, 0.717) is 17.2 Å². The molecule has 2 rings (SSSR count). The van der Waals surface area contributed by atoms with Gasteiger partial charge in [0, 0.05) is 12.6 Å². The van der Waals surface area contributed by atoms with Crippen LogP contribution in [0.1, 0.15) is 11.1 Å². The van der Waals surface area contributed by atoms with E-state index < -0.39 is 17.6 Å². The number of hydrogen-bond acceptors (Lipinski definition) is 1. The second-order valence-corrected chi connectivity index (χ2v) is 4.70. The molecule has 0 saturated carbocycles. The van der Waals surface area contributed by atoms with E-state index in [1.54, 1.807) is 24.3 Å². The Kier molecular flexibility index (Phi) is 4.49. The van der Waals surface area contributed by atoms with Gasteiger partial charge in [-0.3, -0.25) is 4.79 Å². The molecule has 0 fully saturated rings. The summed E-state index contributed by atoms with van der Waals surface area (Å²) in [5, 5.41) is 2.45. The Morgan fingerprint density at radius 3 is 2.36 bits per heavy atom. The minimum atomic E-state index is -4.60. The lowest BCUT2D eigenvalue weighted by molar-refractivity contribution is -0.137. The first-order valence-corrected chi connectivity index (χ1v) is 6.48. The molecular weight excluding hydrogens is 298 g/mol. The van der Waals surface area contributed by atoms with Crippen LogP contribution in [0.5, 0.6) is 0 Å². The van der Waals surface area contributed by atoms with Crippen LogP contribution in [-0.4, -0.2) is 13.0 Å². The molecule has 6 heteroatoms. The highest BCUT2D eigenvalue weighted by atomic mass is 19.4. The van der Waals surface area contributed by atoms with E-state index >= 15 is 0 Å². The summed E-state index contributed by atoms with van der Waals surface area (Å²) in [5.41, 5.74) is -0.0668. The molecule has 0 atom stereocenters. The molecule has 2 aromatic carbocycles. The molecule has 0 aromatic heterocycles. The highest BCUT2D eigenvalue weighted by molar-refractivity contribution is 5.81. The van der Waals surface area contributed by atoms with Crippen LogP contribution in [0.4, 0.5) is 17.6 Å². The SMILES string of the molecule is CNC(=O)Cc1ccccc1-c1ccc(C(F)(F)F)cc1F. The lowest BCUT2D eigenvalue weighted by atomic mass is 9.96. The predicted octanol–water partition coefficient (Wildman–Crippen LogP) is 3.80. The van der Waals surface area contributed by atoms with Gasteiger partial charge in [-0.1, -0.05) is 30.3 Å². The van der Waals surface area contributed by atoms with Crippen molar-refractivity contribution in [3.63, 3.8) is 0 Å². The molecule has 22 heavy (non-hydrogen) atoms. The average molecular weight is 311 g/mol. The molecule has 0 aliphatic rings. The molecule has 2 aromatic rings. The maximum Gasteiger partial charge on any atom is 0.416 e. The Labute approximate surface area is 124 Å². The molecule has 0 saturated heterocycles. The average Bonchev–Trinajstić information content (AvgIpc) is 2.47. The van der Waals surface area contributed by atoms with Crippen LogP contribution in [0, 0.1) is 5.82 Å². The molecule has 1 amide bonds. The van der Waals surface area contributed by atoms with Crippen LogP contribution in [0.2, 0.25) is 0 Å². The fourth-order valence-electron chi connectivity index (χ4n) is 2.11. The predicted molar refractivity (Wildman–Crippen MR) is 74.6 cm³/mol. The van der Waals surface area contributed by atoms with E-state index in [0.717, 1.165) is 12.1 Å². The summed E-state index contributed by atoms with van der Waals surface area (Å²) >= 11 is 0. The Morgan fingerprint density at radius 2 is 1.77 bits per heavy atom. The molecular formula is C16H13F4NO. The number of rotatable bonds is 3. The van der Waals surface area contributed by atoms with Gasteiger partial charge in [0.1, 0.15) is 5.82 Å². The standard InChI is InChI=1S/C16H13F4NO/c1-21-15(22)8-10-4-2-3-5-12(10)13-7-6-11(9-14(13)17)16(18,19)20/h2-7,9H,8H2,1H3,(H,21,22). The zero-order valence-electron chi connectivity index (χ0n) is 11.7. The van der Waals surface area contributed by atoms with Crippen LogP contribution in [0.3, 0.4) is 0 Å². The van der Waals surface area contributed by atoms with Gasteiger partial charge in [0.25, 0.3) is 0 Å². The molecule has 0 radical (unpaired) electrons. The van der Waals surface area contributed by atoms with E-state index in [1.807, 2.05) is 0 Å². The maximum atomic E-state index is 14.1. The first-order chi connectivity index (χ1) is 10.3. The molecule has 0 heterocycles. The number of nitrogens with one attached hydrogen (secondary N) is 1. The molecule has 0 spiro atoms. The summed E-state index contributed by atoms with van der Waals surface area (Å²) < 4.78 is 51.8. The van der Waals surface area contributed by atoms with Crippen molar-refractivity contribution in [1.29, 1.82) is 0 Å². The van der Waals surface area contributed by atoms with Crippen molar-refractivity contribution in [2.45, 2.75) is 12.6 Å². The number of halogens is 4. The van der Waals surface area contributed by atoms with E-state index in [2.05, 4.69) is 5.32 Å². The number of alkyl halides is 3. The van der Waals surface area contributed by atoms with Crippen molar-refractivity contribution in [3.8, 4) is 11.1 Å². The maximum absolute atomic E-state index is 14.1. The quantitative estimate of drug-likeness (QED) is 0.858. The molecule has 0 bridgehead atoms. The minimum absolute atomic E-state index is 0.0210. The van der Waals surface area contributed by atoms with Gasteiger partial charge < -0.3 is 5.32 Å². The lowest BCUT2D eigenvalue weighted by Gasteiger charge is -2.12.